The molecule has 44 heavy (non-hydrogen) atoms. The zero-order chi connectivity index (χ0) is 31.5. The van der Waals surface area contributed by atoms with E-state index in [0.29, 0.717) is 10.7 Å². The lowest BCUT2D eigenvalue weighted by atomic mass is 10.1. The SMILES string of the molecule is C/C(=C\c1ccc(O[C@@H]2O[C@H](/C(C)=N/OCc3cccc(Cl)c3)[C@@H](O)[C@@H]2N)cc1O)C(=O)Nc1c(O)cc2c(c1O)OCO2. The van der Waals surface area contributed by atoms with Gasteiger partial charge in [0.25, 0.3) is 5.91 Å². The number of anilines is 1. The Labute approximate surface area is 256 Å². The average Bonchev–Trinajstić information content (AvgIpc) is 3.56. The molecule has 0 bridgehead atoms. The maximum Gasteiger partial charge on any atom is 0.251 e. The number of benzene rings is 3. The molecule has 3 aromatic carbocycles. The van der Waals surface area contributed by atoms with Crippen LogP contribution in [-0.2, 0) is 21.0 Å². The smallest absolute Gasteiger partial charge is 0.251 e. The lowest BCUT2D eigenvalue weighted by Crippen LogP contribution is -2.43. The van der Waals surface area contributed by atoms with Gasteiger partial charge in [0.1, 0.15) is 41.8 Å². The number of phenols is 3. The van der Waals surface area contributed by atoms with Gasteiger partial charge in [-0.15, -0.1) is 0 Å². The van der Waals surface area contributed by atoms with Gasteiger partial charge in [-0.25, -0.2) is 0 Å². The normalized spacial score (nSPS) is 21.3. The predicted octanol–water partition coefficient (Wildman–Crippen LogP) is 3.61. The number of ether oxygens (including phenoxy) is 4. The van der Waals surface area contributed by atoms with E-state index in [2.05, 4.69) is 10.5 Å². The van der Waals surface area contributed by atoms with Crippen LogP contribution >= 0.6 is 11.6 Å². The van der Waals surface area contributed by atoms with Crippen molar-refractivity contribution in [2.75, 3.05) is 12.1 Å². The first-order valence-electron chi connectivity index (χ1n) is 13.4. The molecule has 3 aromatic rings. The second-order valence-corrected chi connectivity index (χ2v) is 10.5. The van der Waals surface area contributed by atoms with E-state index in [1.165, 1.54) is 37.3 Å². The number of aliphatic hydroxyl groups excluding tert-OH is 1. The molecule has 0 aromatic heterocycles. The zero-order valence-electron chi connectivity index (χ0n) is 23.6. The van der Waals surface area contributed by atoms with Gasteiger partial charge in [0.15, 0.2) is 11.5 Å². The zero-order valence-corrected chi connectivity index (χ0v) is 24.3. The fraction of sp³-hybridized carbons (Fsp3) is 0.267. The van der Waals surface area contributed by atoms with Crippen molar-refractivity contribution < 1.29 is 49.0 Å². The average molecular weight is 628 g/mol. The number of amides is 1. The second kappa shape index (κ2) is 12.9. The summed E-state index contributed by atoms with van der Waals surface area (Å²) in [6.45, 7) is 3.14. The van der Waals surface area contributed by atoms with Crippen LogP contribution in [0, 0.1) is 0 Å². The maximum absolute atomic E-state index is 12.8. The van der Waals surface area contributed by atoms with Crippen molar-refractivity contribution in [3.05, 3.63) is 70.3 Å². The molecule has 1 saturated heterocycles. The third-order valence-electron chi connectivity index (χ3n) is 6.88. The topological polar surface area (TPSA) is 195 Å². The number of fused-ring (bicyclic) bond motifs is 1. The number of oxime groups is 1. The van der Waals surface area contributed by atoms with E-state index in [4.69, 9.17) is 41.1 Å². The third-order valence-corrected chi connectivity index (χ3v) is 7.12. The molecule has 2 heterocycles. The van der Waals surface area contributed by atoms with Crippen molar-refractivity contribution in [1.82, 2.24) is 0 Å². The first-order valence-corrected chi connectivity index (χ1v) is 13.7. The number of hydrogen-bond donors (Lipinski definition) is 6. The molecule has 0 saturated carbocycles. The highest BCUT2D eigenvalue weighted by molar-refractivity contribution is 6.30. The Morgan fingerprint density at radius 3 is 2.68 bits per heavy atom. The summed E-state index contributed by atoms with van der Waals surface area (Å²) in [5.74, 6) is -1.43. The molecule has 0 unspecified atom stereocenters. The number of carbonyl (C=O) groups excluding carboxylic acids is 1. The lowest BCUT2D eigenvalue weighted by molar-refractivity contribution is -0.112. The summed E-state index contributed by atoms with van der Waals surface area (Å²) < 4.78 is 21.9. The molecule has 4 atom stereocenters. The number of hydrogen-bond acceptors (Lipinski definition) is 12. The Morgan fingerprint density at radius 1 is 1.14 bits per heavy atom. The first-order chi connectivity index (χ1) is 21.0. The van der Waals surface area contributed by atoms with E-state index >= 15 is 0 Å². The van der Waals surface area contributed by atoms with Crippen LogP contribution in [0.2, 0.25) is 5.02 Å². The number of carbonyl (C=O) groups is 1. The maximum atomic E-state index is 12.8. The van der Waals surface area contributed by atoms with Crippen molar-refractivity contribution in [2.45, 2.75) is 45.0 Å². The van der Waals surface area contributed by atoms with E-state index in [1.54, 1.807) is 25.1 Å². The minimum atomic E-state index is -1.14. The molecule has 1 fully saturated rings. The molecule has 7 N–H and O–H groups in total. The van der Waals surface area contributed by atoms with Gasteiger partial charge in [-0.2, -0.15) is 0 Å². The molecule has 5 rings (SSSR count). The van der Waals surface area contributed by atoms with Crippen LogP contribution in [-0.4, -0.2) is 63.4 Å². The van der Waals surface area contributed by atoms with Crippen LogP contribution in [0.15, 0.2) is 59.3 Å². The lowest BCUT2D eigenvalue weighted by Gasteiger charge is -2.18. The van der Waals surface area contributed by atoms with Crippen LogP contribution in [0.1, 0.15) is 25.0 Å². The van der Waals surface area contributed by atoms with E-state index in [0.717, 1.165) is 5.56 Å². The Hall–Kier alpha value is -4.69. The summed E-state index contributed by atoms with van der Waals surface area (Å²) in [7, 11) is 0. The molecule has 2 aliphatic rings. The molecular formula is C30H30ClN3O10. The fourth-order valence-corrected chi connectivity index (χ4v) is 4.73. The number of halogens is 1. The summed E-state index contributed by atoms with van der Waals surface area (Å²) in [6.07, 6.45) is -1.70. The Balaban J connectivity index is 1.20. The molecule has 14 heteroatoms. The van der Waals surface area contributed by atoms with Crippen LogP contribution in [0.5, 0.6) is 34.5 Å². The minimum Gasteiger partial charge on any atom is -0.507 e. The van der Waals surface area contributed by atoms with Crippen molar-refractivity contribution >= 4 is 35.0 Å². The molecular weight excluding hydrogens is 598 g/mol. The minimum absolute atomic E-state index is 0.00218. The Kier molecular flexibility index (Phi) is 9.01. The fourth-order valence-electron chi connectivity index (χ4n) is 4.52. The molecule has 0 aliphatic carbocycles. The Morgan fingerprint density at radius 2 is 1.93 bits per heavy atom. The monoisotopic (exact) mass is 627 g/mol. The van der Waals surface area contributed by atoms with Gasteiger partial charge in [-0.05, 0) is 49.8 Å². The number of nitrogens with zero attached hydrogens (tertiary/aromatic N) is 1. The summed E-state index contributed by atoms with van der Waals surface area (Å²) in [5.41, 5.74) is 7.47. The van der Waals surface area contributed by atoms with Crippen molar-refractivity contribution in [2.24, 2.45) is 10.9 Å². The van der Waals surface area contributed by atoms with Crippen LogP contribution in [0.4, 0.5) is 5.69 Å². The summed E-state index contributed by atoms with van der Waals surface area (Å²) in [5, 5.41) is 48.9. The van der Waals surface area contributed by atoms with Crippen molar-refractivity contribution in [3.8, 4) is 34.5 Å². The predicted molar refractivity (Wildman–Crippen MR) is 159 cm³/mol. The molecule has 232 valence electrons. The number of phenolic OH excluding ortho intramolecular Hbond substituents is 3. The number of nitrogens with one attached hydrogen (secondary N) is 1. The number of nitrogens with two attached hydrogens (primary N) is 1. The van der Waals surface area contributed by atoms with Crippen molar-refractivity contribution in [1.29, 1.82) is 0 Å². The molecule has 1 amide bonds. The van der Waals surface area contributed by atoms with E-state index in [1.807, 2.05) is 6.07 Å². The largest absolute Gasteiger partial charge is 0.507 e. The van der Waals surface area contributed by atoms with Gasteiger partial charge >= 0.3 is 0 Å². The van der Waals surface area contributed by atoms with Gasteiger partial charge in [0.05, 0.1) is 11.8 Å². The number of aliphatic hydroxyl groups is 1. The quantitative estimate of drug-likeness (QED) is 0.0878. The van der Waals surface area contributed by atoms with Crippen LogP contribution < -0.4 is 25.3 Å². The molecule has 0 spiro atoms. The van der Waals surface area contributed by atoms with Crippen molar-refractivity contribution in [3.63, 3.8) is 0 Å². The van der Waals surface area contributed by atoms with Crippen LogP contribution in [0.25, 0.3) is 6.08 Å². The van der Waals surface area contributed by atoms with Gasteiger partial charge in [-0.1, -0.05) is 28.9 Å². The van der Waals surface area contributed by atoms with Gasteiger partial charge in [0.2, 0.25) is 18.8 Å². The molecule has 2 aliphatic heterocycles. The van der Waals surface area contributed by atoms with Gasteiger partial charge in [-0.3, -0.25) is 4.79 Å². The number of aromatic hydroxyl groups is 3. The summed E-state index contributed by atoms with van der Waals surface area (Å²) >= 11 is 5.98. The summed E-state index contributed by atoms with van der Waals surface area (Å²) in [6, 6.07) is 11.7. The highest BCUT2D eigenvalue weighted by atomic mass is 35.5. The van der Waals surface area contributed by atoms with E-state index < -0.39 is 41.9 Å². The third kappa shape index (κ3) is 6.60. The molecule has 0 radical (unpaired) electrons. The van der Waals surface area contributed by atoms with E-state index in [-0.39, 0.29) is 53.2 Å². The Bertz CT molecular complexity index is 1630. The highest BCUT2D eigenvalue weighted by Crippen LogP contribution is 2.49. The van der Waals surface area contributed by atoms with Gasteiger partial charge < -0.3 is 55.3 Å². The van der Waals surface area contributed by atoms with E-state index in [9.17, 15) is 25.2 Å². The highest BCUT2D eigenvalue weighted by Gasteiger charge is 2.44. The van der Waals surface area contributed by atoms with Crippen LogP contribution in [0.3, 0.4) is 0 Å². The number of rotatable bonds is 9. The summed E-state index contributed by atoms with van der Waals surface area (Å²) in [4.78, 5) is 18.2. The van der Waals surface area contributed by atoms with Gasteiger partial charge in [0, 0.05) is 28.3 Å². The molecule has 13 nitrogen and oxygen atoms in total. The second-order valence-electron chi connectivity index (χ2n) is 10.1. The standard InChI is InChI=1S/C30H30ClN3O10/c1-14(29(39)33-24-21(36)11-22-28(26(24)38)41-13-40-22)8-17-6-7-19(10-20(17)35)43-30-23(32)25(37)27(44-30)15(2)34-42-12-16-4-3-5-18(31)9-16/h3-11,23,25,27,30,35-38H,12-13,32H2,1-2H3,(H,33,39)/b14-8+,34-15+/t23-,25-,27+,30+/m0/s1. The first kappa shape index (κ1) is 30.8.